The molecule has 0 unspecified atom stereocenters. The van der Waals surface area contributed by atoms with E-state index in [-0.39, 0.29) is 0 Å². The van der Waals surface area contributed by atoms with Crippen LogP contribution in [0.15, 0.2) is 29.3 Å². The molecule has 2 aromatic rings. The largest absolute Gasteiger partial charge is 0.497 e. The Morgan fingerprint density at radius 1 is 1.26 bits per heavy atom. The number of hydrogen-bond donors (Lipinski definition) is 1. The molecule has 1 aromatic heterocycles. The summed E-state index contributed by atoms with van der Waals surface area (Å²) in [6.07, 6.45) is 0.887. The number of hydrogen-bond acceptors (Lipinski definition) is 6. The molecule has 0 spiro atoms. The van der Waals surface area contributed by atoms with E-state index in [4.69, 9.17) is 9.73 Å². The fourth-order valence-corrected chi connectivity index (χ4v) is 3.79. The summed E-state index contributed by atoms with van der Waals surface area (Å²) in [5.41, 5.74) is 1.14. The molecule has 3 rings (SSSR count). The van der Waals surface area contributed by atoms with Crippen LogP contribution in [0, 0.1) is 0 Å². The maximum atomic E-state index is 5.30. The van der Waals surface area contributed by atoms with Crippen molar-refractivity contribution in [2.24, 2.45) is 4.99 Å². The van der Waals surface area contributed by atoms with E-state index in [1.54, 1.807) is 7.11 Å². The third-order valence-electron chi connectivity index (χ3n) is 4.50. The van der Waals surface area contributed by atoms with Crippen molar-refractivity contribution >= 4 is 22.6 Å². The molecule has 1 N–H and O–H groups in total. The summed E-state index contributed by atoms with van der Waals surface area (Å²) in [4.78, 5) is 14.1. The first-order chi connectivity index (χ1) is 13.2. The van der Waals surface area contributed by atoms with E-state index in [2.05, 4.69) is 44.4 Å². The van der Waals surface area contributed by atoms with Crippen LogP contribution in [0.4, 0.5) is 5.13 Å². The van der Waals surface area contributed by atoms with Crippen molar-refractivity contribution in [3.63, 3.8) is 0 Å². The average molecular weight is 389 g/mol. The smallest absolute Gasteiger partial charge is 0.205 e. The molecular weight excluding hydrogens is 360 g/mol. The van der Waals surface area contributed by atoms with Gasteiger partial charge in [0.2, 0.25) is 5.13 Å². The van der Waals surface area contributed by atoms with Crippen LogP contribution in [0.25, 0.3) is 0 Å². The Kier molecular flexibility index (Phi) is 6.86. The number of methoxy groups -OCH3 is 1. The molecule has 1 aliphatic rings. The summed E-state index contributed by atoms with van der Waals surface area (Å²) in [7, 11) is 1.69. The number of aryl methyl sites for hydroxylation is 1. The molecule has 1 saturated heterocycles. The lowest BCUT2D eigenvalue weighted by Crippen LogP contribution is -2.52. The van der Waals surface area contributed by atoms with Gasteiger partial charge in [-0.15, -0.1) is 0 Å². The van der Waals surface area contributed by atoms with E-state index in [0.717, 1.165) is 67.4 Å². The molecule has 0 amide bonds. The Labute approximate surface area is 165 Å². The monoisotopic (exact) mass is 388 g/mol. The summed E-state index contributed by atoms with van der Waals surface area (Å²) >= 11 is 1.50. The number of aliphatic imine (C=N–C) groups is 1. The number of aromatic nitrogens is 2. The zero-order chi connectivity index (χ0) is 19.1. The number of anilines is 1. The molecule has 0 bridgehead atoms. The zero-order valence-electron chi connectivity index (χ0n) is 16.3. The van der Waals surface area contributed by atoms with Gasteiger partial charge in [0.05, 0.1) is 13.7 Å². The molecule has 7 nitrogen and oxygen atoms in total. The fraction of sp³-hybridized carbons (Fsp3) is 0.526. The minimum Gasteiger partial charge on any atom is -0.497 e. The first kappa shape index (κ1) is 19.4. The molecule has 1 fully saturated rings. The molecule has 0 atom stereocenters. The number of benzene rings is 1. The average Bonchev–Trinajstić information content (AvgIpc) is 3.21. The van der Waals surface area contributed by atoms with Crippen LogP contribution < -0.4 is 15.0 Å². The molecule has 2 heterocycles. The Hall–Kier alpha value is -2.35. The molecule has 1 aromatic carbocycles. The van der Waals surface area contributed by atoms with Crippen LogP contribution in [0.2, 0.25) is 0 Å². The SMILES string of the molecule is CCNC(=NCc1cccc(OC)c1)N1CCN(c2nc(CC)ns2)CC1. The van der Waals surface area contributed by atoms with Crippen LogP contribution in [0.3, 0.4) is 0 Å². The van der Waals surface area contributed by atoms with Crippen LogP contribution >= 0.6 is 11.5 Å². The lowest BCUT2D eigenvalue weighted by atomic mass is 10.2. The van der Waals surface area contributed by atoms with Crippen LogP contribution in [-0.2, 0) is 13.0 Å². The summed E-state index contributed by atoms with van der Waals surface area (Å²) in [6, 6.07) is 8.07. The molecule has 8 heteroatoms. The highest BCUT2D eigenvalue weighted by Gasteiger charge is 2.22. The normalized spacial score (nSPS) is 15.1. The van der Waals surface area contributed by atoms with Gasteiger partial charge < -0.3 is 19.9 Å². The molecular formula is C19H28N6OS. The predicted octanol–water partition coefficient (Wildman–Crippen LogP) is 2.40. The standard InChI is InChI=1S/C19H28N6OS/c1-4-17-22-19(27-23-17)25-11-9-24(10-12-25)18(20-5-2)21-14-15-7-6-8-16(13-15)26-3/h6-8,13H,4-5,9-12,14H2,1-3H3,(H,20,21). The Morgan fingerprint density at radius 2 is 2.07 bits per heavy atom. The van der Waals surface area contributed by atoms with Gasteiger partial charge in [-0.3, -0.25) is 0 Å². The highest BCUT2D eigenvalue weighted by molar-refractivity contribution is 7.09. The van der Waals surface area contributed by atoms with Crippen molar-refractivity contribution in [3.8, 4) is 5.75 Å². The quantitative estimate of drug-likeness (QED) is 0.606. The third-order valence-corrected chi connectivity index (χ3v) is 5.32. The van der Waals surface area contributed by atoms with Crippen LogP contribution in [-0.4, -0.2) is 60.1 Å². The lowest BCUT2D eigenvalue weighted by molar-refractivity contribution is 0.372. The second-order valence-electron chi connectivity index (χ2n) is 6.34. The van der Waals surface area contributed by atoms with Crippen molar-refractivity contribution in [2.75, 3.05) is 44.7 Å². The highest BCUT2D eigenvalue weighted by Crippen LogP contribution is 2.19. The maximum Gasteiger partial charge on any atom is 0.205 e. The van der Waals surface area contributed by atoms with E-state index < -0.39 is 0 Å². The zero-order valence-corrected chi connectivity index (χ0v) is 17.1. The Bertz CT molecular complexity index is 754. The molecule has 0 radical (unpaired) electrons. The van der Waals surface area contributed by atoms with Crippen molar-refractivity contribution in [2.45, 2.75) is 26.8 Å². The van der Waals surface area contributed by atoms with Gasteiger partial charge in [0.15, 0.2) is 5.96 Å². The van der Waals surface area contributed by atoms with Crippen LogP contribution in [0.5, 0.6) is 5.75 Å². The summed E-state index contributed by atoms with van der Waals surface area (Å²) in [6.45, 7) is 9.39. The topological polar surface area (TPSA) is 65.9 Å². The van der Waals surface area contributed by atoms with Gasteiger partial charge in [-0.05, 0) is 24.6 Å². The second kappa shape index (κ2) is 9.55. The van der Waals surface area contributed by atoms with Gasteiger partial charge in [0, 0.05) is 50.7 Å². The minimum atomic E-state index is 0.635. The summed E-state index contributed by atoms with van der Waals surface area (Å²) in [5.74, 6) is 2.77. The van der Waals surface area contributed by atoms with E-state index in [0.29, 0.717) is 6.54 Å². The van der Waals surface area contributed by atoms with Gasteiger partial charge in [-0.25, -0.2) is 9.98 Å². The Balaban J connectivity index is 1.61. The number of rotatable bonds is 6. The number of ether oxygens (including phenoxy) is 1. The van der Waals surface area contributed by atoms with Crippen molar-refractivity contribution < 1.29 is 4.74 Å². The lowest BCUT2D eigenvalue weighted by Gasteiger charge is -2.36. The van der Waals surface area contributed by atoms with Crippen LogP contribution in [0.1, 0.15) is 25.2 Å². The number of guanidine groups is 1. The fourth-order valence-electron chi connectivity index (χ4n) is 2.99. The van der Waals surface area contributed by atoms with Crippen molar-refractivity contribution in [1.29, 1.82) is 0 Å². The first-order valence-corrected chi connectivity index (χ1v) is 10.2. The Morgan fingerprint density at radius 3 is 2.74 bits per heavy atom. The van der Waals surface area contributed by atoms with E-state index in [1.807, 2.05) is 18.2 Å². The highest BCUT2D eigenvalue weighted by atomic mass is 32.1. The number of piperazine rings is 1. The third kappa shape index (κ3) is 5.09. The first-order valence-electron chi connectivity index (χ1n) is 9.47. The van der Waals surface area contributed by atoms with Gasteiger partial charge in [-0.1, -0.05) is 19.1 Å². The van der Waals surface area contributed by atoms with Gasteiger partial charge in [0.25, 0.3) is 0 Å². The van der Waals surface area contributed by atoms with Crippen molar-refractivity contribution in [3.05, 3.63) is 35.7 Å². The summed E-state index contributed by atoms with van der Waals surface area (Å²) < 4.78 is 9.70. The number of nitrogens with one attached hydrogen (secondary N) is 1. The van der Waals surface area contributed by atoms with Gasteiger partial charge >= 0.3 is 0 Å². The summed E-state index contributed by atoms with van der Waals surface area (Å²) in [5, 5.41) is 4.45. The molecule has 27 heavy (non-hydrogen) atoms. The van der Waals surface area contributed by atoms with E-state index in [9.17, 15) is 0 Å². The number of nitrogens with zero attached hydrogens (tertiary/aromatic N) is 5. The van der Waals surface area contributed by atoms with Gasteiger partial charge in [0.1, 0.15) is 11.6 Å². The van der Waals surface area contributed by atoms with E-state index in [1.165, 1.54) is 11.5 Å². The van der Waals surface area contributed by atoms with E-state index >= 15 is 0 Å². The molecule has 146 valence electrons. The predicted molar refractivity (Wildman–Crippen MR) is 111 cm³/mol. The van der Waals surface area contributed by atoms with Crippen molar-refractivity contribution in [1.82, 2.24) is 19.6 Å². The molecule has 0 saturated carbocycles. The minimum absolute atomic E-state index is 0.635. The molecule has 1 aliphatic heterocycles. The second-order valence-corrected chi connectivity index (χ2v) is 7.07. The molecule has 0 aliphatic carbocycles. The van der Waals surface area contributed by atoms with Gasteiger partial charge in [-0.2, -0.15) is 4.37 Å². The maximum absolute atomic E-state index is 5.30.